The number of aliphatic hydroxyl groups excluding tert-OH is 2. The summed E-state index contributed by atoms with van der Waals surface area (Å²) in [5.74, 6) is 2.99. The first kappa shape index (κ1) is 15.9. The zero-order valence-corrected chi connectivity index (χ0v) is 14.6. The van der Waals surface area contributed by atoms with Gasteiger partial charge >= 0.3 is 0 Å². The maximum atomic E-state index is 10.6. The molecule has 2 heteroatoms. The second-order valence-electron chi connectivity index (χ2n) is 9.29. The maximum absolute atomic E-state index is 10.6. The first-order valence-corrected chi connectivity index (χ1v) is 9.58. The molecule has 128 valence electrons. The summed E-state index contributed by atoms with van der Waals surface area (Å²) in [4.78, 5) is 0. The highest BCUT2D eigenvalue weighted by Crippen LogP contribution is 2.66. The van der Waals surface area contributed by atoms with Crippen molar-refractivity contribution in [2.45, 2.75) is 64.6 Å². The van der Waals surface area contributed by atoms with E-state index < -0.39 is 0 Å². The summed E-state index contributed by atoms with van der Waals surface area (Å²) in [5.41, 5.74) is 0.490. The van der Waals surface area contributed by atoms with E-state index in [1.165, 1.54) is 25.7 Å². The molecule has 0 bridgehead atoms. The van der Waals surface area contributed by atoms with Gasteiger partial charge in [-0.2, -0.15) is 0 Å². The Morgan fingerprint density at radius 1 is 1.09 bits per heavy atom. The fourth-order valence-electron chi connectivity index (χ4n) is 7.27. The second kappa shape index (κ2) is 5.20. The van der Waals surface area contributed by atoms with E-state index in [4.69, 9.17) is 0 Å². The quantitative estimate of drug-likeness (QED) is 0.719. The molecule has 4 aliphatic carbocycles. The van der Waals surface area contributed by atoms with Gasteiger partial charge in [-0.25, -0.2) is 0 Å². The largest absolute Gasteiger partial charge is 0.392 e. The maximum Gasteiger partial charge on any atom is 0.0724 e. The molecule has 0 amide bonds. The molecule has 3 fully saturated rings. The number of hydrogen-bond donors (Lipinski definition) is 2. The number of rotatable bonds is 1. The van der Waals surface area contributed by atoms with Gasteiger partial charge in [0.05, 0.1) is 12.2 Å². The van der Waals surface area contributed by atoms with Gasteiger partial charge in [0.1, 0.15) is 0 Å². The predicted octanol–water partition coefficient (Wildman–Crippen LogP) is 3.94. The van der Waals surface area contributed by atoms with Crippen molar-refractivity contribution in [1.82, 2.24) is 0 Å². The van der Waals surface area contributed by atoms with Crippen LogP contribution in [-0.2, 0) is 0 Å². The number of allylic oxidation sites excluding steroid dienone is 1. The summed E-state index contributed by atoms with van der Waals surface area (Å²) >= 11 is 0. The Morgan fingerprint density at radius 2 is 1.87 bits per heavy atom. The predicted molar refractivity (Wildman–Crippen MR) is 92.7 cm³/mol. The van der Waals surface area contributed by atoms with Gasteiger partial charge in [-0.1, -0.05) is 32.1 Å². The molecule has 2 N–H and O–H groups in total. The molecule has 0 aromatic heterocycles. The highest BCUT2D eigenvalue weighted by molar-refractivity contribution is 5.18. The first-order chi connectivity index (χ1) is 10.9. The van der Waals surface area contributed by atoms with E-state index in [1.54, 1.807) is 0 Å². The average Bonchev–Trinajstić information content (AvgIpc) is 2.77. The minimum Gasteiger partial charge on any atom is -0.392 e. The van der Waals surface area contributed by atoms with Crippen LogP contribution in [0.5, 0.6) is 0 Å². The Hall–Kier alpha value is -0.600. The summed E-state index contributed by atoms with van der Waals surface area (Å²) in [6.07, 6.45) is 12.9. The lowest BCUT2D eigenvalue weighted by molar-refractivity contribution is -0.0821. The van der Waals surface area contributed by atoms with Crippen LogP contribution in [-0.4, -0.2) is 22.4 Å². The summed E-state index contributed by atoms with van der Waals surface area (Å²) < 4.78 is 0. The average molecular weight is 316 g/mol. The van der Waals surface area contributed by atoms with Crippen LogP contribution in [0.15, 0.2) is 24.8 Å². The minimum atomic E-state index is -0.239. The first-order valence-electron chi connectivity index (χ1n) is 9.58. The molecule has 0 aliphatic heterocycles. The lowest BCUT2D eigenvalue weighted by Gasteiger charge is -2.59. The van der Waals surface area contributed by atoms with Gasteiger partial charge in [0.25, 0.3) is 0 Å². The van der Waals surface area contributed by atoms with Crippen LogP contribution in [0.25, 0.3) is 0 Å². The van der Waals surface area contributed by atoms with E-state index in [0.717, 1.165) is 24.7 Å². The van der Waals surface area contributed by atoms with Crippen molar-refractivity contribution < 1.29 is 10.2 Å². The molecule has 0 aromatic rings. The van der Waals surface area contributed by atoms with E-state index in [2.05, 4.69) is 26.5 Å². The lowest BCUT2D eigenvalue weighted by atomic mass is 9.46. The zero-order chi connectivity index (χ0) is 16.4. The molecule has 0 spiro atoms. The standard InChI is InChI=1S/C21H32O2/c1-4-16-19(23)12-18-15-6-5-13-11-14(22)7-9-20(13,2)17(15)8-10-21(16,18)3/h4,7,9,13-19,22-23H,1,5-6,8,10-12H2,2-3H3/t13-,14+,15+,16-,17-,18-,19-,20-,21+/m0/s1. The fourth-order valence-corrected chi connectivity index (χ4v) is 7.27. The van der Waals surface area contributed by atoms with E-state index in [9.17, 15) is 10.2 Å². The molecule has 9 atom stereocenters. The summed E-state index contributed by atoms with van der Waals surface area (Å²) in [6, 6.07) is 0. The van der Waals surface area contributed by atoms with Crippen LogP contribution in [0.2, 0.25) is 0 Å². The lowest BCUT2D eigenvalue weighted by Crippen LogP contribution is -2.52. The Bertz CT molecular complexity index is 526. The molecule has 0 saturated heterocycles. The molecular formula is C21H32O2. The molecule has 23 heavy (non-hydrogen) atoms. The number of aliphatic hydroxyl groups is 2. The van der Waals surface area contributed by atoms with E-state index in [0.29, 0.717) is 11.8 Å². The highest BCUT2D eigenvalue weighted by Gasteiger charge is 2.60. The molecule has 0 radical (unpaired) electrons. The van der Waals surface area contributed by atoms with Crippen LogP contribution < -0.4 is 0 Å². The van der Waals surface area contributed by atoms with Gasteiger partial charge in [0, 0.05) is 5.92 Å². The van der Waals surface area contributed by atoms with Gasteiger partial charge in [-0.05, 0) is 73.0 Å². The third kappa shape index (κ3) is 2.07. The molecule has 4 rings (SSSR count). The van der Waals surface area contributed by atoms with Crippen LogP contribution in [0.3, 0.4) is 0 Å². The zero-order valence-electron chi connectivity index (χ0n) is 14.6. The molecule has 0 unspecified atom stereocenters. The van der Waals surface area contributed by atoms with Crippen molar-refractivity contribution in [3.63, 3.8) is 0 Å². The van der Waals surface area contributed by atoms with Crippen LogP contribution >= 0.6 is 0 Å². The van der Waals surface area contributed by atoms with Crippen molar-refractivity contribution in [3.8, 4) is 0 Å². The van der Waals surface area contributed by atoms with Gasteiger partial charge in [-0.3, -0.25) is 0 Å². The Labute approximate surface area is 140 Å². The topological polar surface area (TPSA) is 40.5 Å². The van der Waals surface area contributed by atoms with Crippen molar-refractivity contribution >= 4 is 0 Å². The van der Waals surface area contributed by atoms with Crippen LogP contribution in [0.4, 0.5) is 0 Å². The van der Waals surface area contributed by atoms with Crippen LogP contribution in [0.1, 0.15) is 52.4 Å². The van der Waals surface area contributed by atoms with Gasteiger partial charge in [0.2, 0.25) is 0 Å². The monoisotopic (exact) mass is 316 g/mol. The van der Waals surface area contributed by atoms with Crippen molar-refractivity contribution in [2.75, 3.05) is 0 Å². The SMILES string of the molecule is C=C[C@H]1[C@@H](O)C[C@H]2[C@@H]3CC[C@H]4C[C@H](O)C=C[C@]4(C)[C@H]3CC[C@]12C. The van der Waals surface area contributed by atoms with Gasteiger partial charge in [-0.15, -0.1) is 6.58 Å². The molecule has 3 saturated carbocycles. The third-order valence-electron chi connectivity index (χ3n) is 8.53. The van der Waals surface area contributed by atoms with Crippen molar-refractivity contribution in [3.05, 3.63) is 24.8 Å². The minimum absolute atomic E-state index is 0.199. The van der Waals surface area contributed by atoms with Crippen molar-refractivity contribution in [2.24, 2.45) is 40.4 Å². The molecule has 2 nitrogen and oxygen atoms in total. The van der Waals surface area contributed by atoms with Crippen molar-refractivity contribution in [1.29, 1.82) is 0 Å². The van der Waals surface area contributed by atoms with Crippen LogP contribution in [0, 0.1) is 40.4 Å². The molecule has 0 heterocycles. The van der Waals surface area contributed by atoms with E-state index in [1.807, 2.05) is 12.2 Å². The highest BCUT2D eigenvalue weighted by atomic mass is 16.3. The fraction of sp³-hybridized carbons (Fsp3) is 0.810. The molecule has 0 aromatic carbocycles. The van der Waals surface area contributed by atoms with Gasteiger partial charge < -0.3 is 10.2 Å². The Kier molecular flexibility index (Phi) is 3.59. The molecular weight excluding hydrogens is 284 g/mol. The summed E-state index contributed by atoms with van der Waals surface area (Å²) in [6.45, 7) is 8.87. The smallest absolute Gasteiger partial charge is 0.0724 e. The van der Waals surface area contributed by atoms with E-state index in [-0.39, 0.29) is 29.0 Å². The normalized spacial score (nSPS) is 58.2. The number of hydrogen-bond acceptors (Lipinski definition) is 2. The third-order valence-corrected chi connectivity index (χ3v) is 8.53. The summed E-state index contributed by atoms with van der Waals surface area (Å²) in [5, 5.41) is 20.6. The molecule has 4 aliphatic rings. The summed E-state index contributed by atoms with van der Waals surface area (Å²) in [7, 11) is 0. The number of fused-ring (bicyclic) bond motifs is 5. The Morgan fingerprint density at radius 3 is 2.61 bits per heavy atom. The Balaban J connectivity index is 1.67. The van der Waals surface area contributed by atoms with E-state index >= 15 is 0 Å². The second-order valence-corrected chi connectivity index (χ2v) is 9.29. The van der Waals surface area contributed by atoms with Gasteiger partial charge in [0.15, 0.2) is 0 Å².